The molecule has 0 saturated carbocycles. The van der Waals surface area contributed by atoms with E-state index >= 15 is 0 Å². The fourth-order valence-electron chi connectivity index (χ4n) is 2.25. The molecule has 1 aliphatic rings. The van der Waals surface area contributed by atoms with E-state index in [9.17, 15) is 0 Å². The number of halogens is 1. The summed E-state index contributed by atoms with van der Waals surface area (Å²) in [5.41, 5.74) is 1.24. The zero-order chi connectivity index (χ0) is 11.4. The number of rotatable bonds is 3. The van der Waals surface area contributed by atoms with Gasteiger partial charge in [0.15, 0.2) is 0 Å². The van der Waals surface area contributed by atoms with Crippen molar-refractivity contribution in [2.24, 2.45) is 5.92 Å². The summed E-state index contributed by atoms with van der Waals surface area (Å²) in [4.78, 5) is 6.53. The van der Waals surface area contributed by atoms with E-state index in [1.54, 1.807) is 0 Å². The fraction of sp³-hybridized carbons (Fsp3) is 0.583. The largest absolute Gasteiger partial charge is 0.396 e. The van der Waals surface area contributed by atoms with Gasteiger partial charge >= 0.3 is 0 Å². The van der Waals surface area contributed by atoms with E-state index in [0.29, 0.717) is 12.5 Å². The Morgan fingerprint density at radius 3 is 2.81 bits per heavy atom. The Bertz CT molecular complexity index is 338. The lowest BCUT2D eigenvalue weighted by Gasteiger charge is -2.33. The van der Waals surface area contributed by atoms with Gasteiger partial charge in [0, 0.05) is 31.6 Å². The maximum atomic E-state index is 8.91. The smallest absolute Gasteiger partial charge is 0.108 e. The molecule has 0 aliphatic carbocycles. The van der Waals surface area contributed by atoms with Crippen LogP contribution in [0.25, 0.3) is 0 Å². The van der Waals surface area contributed by atoms with E-state index in [1.807, 2.05) is 6.20 Å². The molecule has 1 N–H and O–H groups in total. The summed E-state index contributed by atoms with van der Waals surface area (Å²) in [7, 11) is 0. The maximum absolute atomic E-state index is 8.91. The lowest BCUT2D eigenvalue weighted by atomic mass is 9.94. The third-order valence-corrected chi connectivity index (χ3v) is 3.66. The van der Waals surface area contributed by atoms with E-state index in [0.717, 1.165) is 24.1 Å². The summed E-state index contributed by atoms with van der Waals surface area (Å²) in [6, 6.07) is 4.11. The van der Waals surface area contributed by atoms with Crippen molar-refractivity contribution in [3.8, 4) is 0 Å². The lowest BCUT2D eigenvalue weighted by molar-refractivity contribution is 0.240. The molecule has 0 spiro atoms. The number of pyridine rings is 1. The second-order valence-corrected chi connectivity index (χ2v) is 5.09. The standard InChI is InChI=1S/C12H17BrN2O/c13-12-9-11(1-5-14-12)15-6-2-10(3-7-15)4-8-16/h1,5,9-10,16H,2-4,6-8H2. The predicted molar refractivity (Wildman–Crippen MR) is 68.6 cm³/mol. The molecule has 0 amide bonds. The topological polar surface area (TPSA) is 36.4 Å². The summed E-state index contributed by atoms with van der Waals surface area (Å²) in [5, 5.41) is 8.91. The molecular weight excluding hydrogens is 268 g/mol. The van der Waals surface area contributed by atoms with Crippen molar-refractivity contribution in [3.05, 3.63) is 22.9 Å². The van der Waals surface area contributed by atoms with E-state index in [4.69, 9.17) is 5.11 Å². The molecule has 4 heteroatoms. The normalized spacial score (nSPS) is 17.8. The Morgan fingerprint density at radius 1 is 1.44 bits per heavy atom. The van der Waals surface area contributed by atoms with Gasteiger partial charge in [-0.15, -0.1) is 0 Å². The summed E-state index contributed by atoms with van der Waals surface area (Å²) >= 11 is 3.39. The number of aliphatic hydroxyl groups is 1. The van der Waals surface area contributed by atoms with Crippen molar-refractivity contribution in [2.45, 2.75) is 19.3 Å². The Balaban J connectivity index is 1.94. The van der Waals surface area contributed by atoms with Gasteiger partial charge in [0.1, 0.15) is 4.60 Å². The van der Waals surface area contributed by atoms with Crippen molar-refractivity contribution in [3.63, 3.8) is 0 Å². The van der Waals surface area contributed by atoms with Crippen molar-refractivity contribution in [1.82, 2.24) is 4.98 Å². The third kappa shape index (κ3) is 2.95. The molecule has 1 saturated heterocycles. The fourth-order valence-corrected chi connectivity index (χ4v) is 2.60. The van der Waals surface area contributed by atoms with Gasteiger partial charge in [0.2, 0.25) is 0 Å². The van der Waals surface area contributed by atoms with Gasteiger partial charge < -0.3 is 10.0 Å². The first-order valence-corrected chi connectivity index (χ1v) is 6.56. The van der Waals surface area contributed by atoms with Crippen LogP contribution < -0.4 is 4.90 Å². The van der Waals surface area contributed by atoms with Gasteiger partial charge in [-0.25, -0.2) is 4.98 Å². The van der Waals surface area contributed by atoms with Crippen molar-refractivity contribution < 1.29 is 5.11 Å². The molecule has 3 nitrogen and oxygen atoms in total. The average Bonchev–Trinajstić information content (AvgIpc) is 2.30. The molecule has 1 aromatic heterocycles. The number of aliphatic hydroxyl groups excluding tert-OH is 1. The molecule has 0 atom stereocenters. The highest BCUT2D eigenvalue weighted by Crippen LogP contribution is 2.25. The van der Waals surface area contributed by atoms with Crippen LogP contribution in [-0.4, -0.2) is 29.8 Å². The molecule has 0 bridgehead atoms. The number of nitrogens with zero attached hydrogens (tertiary/aromatic N) is 2. The van der Waals surface area contributed by atoms with Crippen molar-refractivity contribution in [2.75, 3.05) is 24.6 Å². The summed E-state index contributed by atoms with van der Waals surface area (Å²) in [6.07, 6.45) is 5.15. The predicted octanol–water partition coefficient (Wildman–Crippen LogP) is 2.44. The van der Waals surface area contributed by atoms with Crippen LogP contribution in [-0.2, 0) is 0 Å². The van der Waals surface area contributed by atoms with Crippen LogP contribution in [0.15, 0.2) is 22.9 Å². The summed E-state index contributed by atoms with van der Waals surface area (Å²) < 4.78 is 0.891. The first-order chi connectivity index (χ1) is 7.79. The van der Waals surface area contributed by atoms with Crippen LogP contribution in [0.4, 0.5) is 5.69 Å². The van der Waals surface area contributed by atoms with Crippen LogP contribution in [0, 0.1) is 5.92 Å². The SMILES string of the molecule is OCCC1CCN(c2ccnc(Br)c2)CC1. The molecule has 0 unspecified atom stereocenters. The molecule has 1 aliphatic heterocycles. The number of piperidine rings is 1. The molecule has 0 radical (unpaired) electrons. The second-order valence-electron chi connectivity index (χ2n) is 4.28. The van der Waals surface area contributed by atoms with Crippen LogP contribution in [0.2, 0.25) is 0 Å². The highest BCUT2D eigenvalue weighted by atomic mass is 79.9. The van der Waals surface area contributed by atoms with Gasteiger partial charge in [-0.05, 0) is 53.2 Å². The first-order valence-electron chi connectivity index (χ1n) is 5.77. The van der Waals surface area contributed by atoms with E-state index < -0.39 is 0 Å². The Hall–Kier alpha value is -0.610. The van der Waals surface area contributed by atoms with E-state index in [-0.39, 0.29) is 0 Å². The highest BCUT2D eigenvalue weighted by molar-refractivity contribution is 9.10. The molecule has 1 fully saturated rings. The Labute approximate surface area is 105 Å². The number of anilines is 1. The van der Waals surface area contributed by atoms with Crippen LogP contribution in [0.3, 0.4) is 0 Å². The Morgan fingerprint density at radius 2 is 2.19 bits per heavy atom. The van der Waals surface area contributed by atoms with Crippen LogP contribution >= 0.6 is 15.9 Å². The second kappa shape index (κ2) is 5.64. The lowest BCUT2D eigenvalue weighted by Crippen LogP contribution is -2.33. The van der Waals surface area contributed by atoms with Gasteiger partial charge in [-0.3, -0.25) is 0 Å². The average molecular weight is 285 g/mol. The number of aromatic nitrogens is 1. The molecular formula is C12H17BrN2O. The summed E-state index contributed by atoms with van der Waals surface area (Å²) in [6.45, 7) is 2.49. The van der Waals surface area contributed by atoms with E-state index in [1.165, 1.54) is 18.5 Å². The minimum Gasteiger partial charge on any atom is -0.396 e. The van der Waals surface area contributed by atoms with Crippen molar-refractivity contribution in [1.29, 1.82) is 0 Å². The van der Waals surface area contributed by atoms with Gasteiger partial charge in [0.25, 0.3) is 0 Å². The zero-order valence-electron chi connectivity index (χ0n) is 9.27. The molecule has 2 heterocycles. The number of hydrogen-bond donors (Lipinski definition) is 1. The van der Waals surface area contributed by atoms with Crippen LogP contribution in [0.5, 0.6) is 0 Å². The molecule has 16 heavy (non-hydrogen) atoms. The quantitative estimate of drug-likeness (QED) is 0.867. The molecule has 2 rings (SSSR count). The summed E-state index contributed by atoms with van der Waals surface area (Å²) in [5.74, 6) is 0.700. The maximum Gasteiger partial charge on any atom is 0.108 e. The highest BCUT2D eigenvalue weighted by Gasteiger charge is 2.18. The number of hydrogen-bond acceptors (Lipinski definition) is 3. The first kappa shape index (κ1) is 11.9. The van der Waals surface area contributed by atoms with Crippen molar-refractivity contribution >= 4 is 21.6 Å². The molecule has 0 aromatic carbocycles. The van der Waals surface area contributed by atoms with Gasteiger partial charge in [-0.2, -0.15) is 0 Å². The monoisotopic (exact) mass is 284 g/mol. The minimum atomic E-state index is 0.325. The molecule has 88 valence electrons. The minimum absolute atomic E-state index is 0.325. The van der Waals surface area contributed by atoms with Crippen LogP contribution in [0.1, 0.15) is 19.3 Å². The van der Waals surface area contributed by atoms with Gasteiger partial charge in [-0.1, -0.05) is 0 Å². The molecule has 1 aromatic rings. The van der Waals surface area contributed by atoms with Gasteiger partial charge in [0.05, 0.1) is 0 Å². The zero-order valence-corrected chi connectivity index (χ0v) is 10.9. The third-order valence-electron chi connectivity index (χ3n) is 3.23. The Kier molecular flexibility index (Phi) is 4.18. The van der Waals surface area contributed by atoms with E-state index in [2.05, 4.69) is 37.9 Å².